The normalized spacial score (nSPS) is 20.2. The number of phosphoric acid groups is 1. The van der Waals surface area contributed by atoms with Gasteiger partial charge in [-0.25, -0.2) is 4.57 Å². The van der Waals surface area contributed by atoms with Gasteiger partial charge in [-0.15, -0.1) is 0 Å². The van der Waals surface area contributed by atoms with Crippen LogP contribution in [0.5, 0.6) is 0 Å². The zero-order chi connectivity index (χ0) is 45.3. The van der Waals surface area contributed by atoms with E-state index in [4.69, 9.17) is 37.3 Å². The Morgan fingerprint density at radius 3 is 0.803 bits per heavy atom. The van der Waals surface area contributed by atoms with Gasteiger partial charge in [0.2, 0.25) is 0 Å². The summed E-state index contributed by atoms with van der Waals surface area (Å²) in [7, 11) is -4.60. The third-order valence-electron chi connectivity index (χ3n) is 10.3. The van der Waals surface area contributed by atoms with Crippen molar-refractivity contribution in [3.63, 3.8) is 0 Å². The van der Waals surface area contributed by atoms with Crippen LogP contribution in [-0.4, -0.2) is 79.7 Å². The second-order valence-electron chi connectivity index (χ2n) is 16.2. The lowest BCUT2D eigenvalue weighted by Crippen LogP contribution is -2.68. The highest BCUT2D eigenvalue weighted by Crippen LogP contribution is 2.54. The van der Waals surface area contributed by atoms with Crippen molar-refractivity contribution in [1.82, 2.24) is 0 Å². The SMILES string of the molecule is CCCCCCCCCCOP(=O)(OCCCCCCCCCC)OC1[C@H](OC(=O)CCC)[C@H](OC(=O)CCC)C(OC(=O)CCC)[C@H](OC(=O)CCC)[C@H]1OC(=O)CCC. The Labute approximate surface area is 367 Å². The minimum atomic E-state index is -4.60. The van der Waals surface area contributed by atoms with E-state index in [1.54, 1.807) is 34.6 Å². The number of carbonyl (C=O) groups excluding carboxylic acids is 5. The molecular weight excluding hydrogens is 807 g/mol. The van der Waals surface area contributed by atoms with E-state index in [1.165, 1.54) is 25.7 Å². The Bertz CT molecular complexity index is 1180. The van der Waals surface area contributed by atoms with Crippen LogP contribution >= 0.6 is 7.82 Å². The quantitative estimate of drug-likeness (QED) is 0.0249. The van der Waals surface area contributed by atoms with Gasteiger partial charge in [0, 0.05) is 32.1 Å². The lowest BCUT2D eigenvalue weighted by Gasteiger charge is -2.47. The van der Waals surface area contributed by atoms with E-state index in [2.05, 4.69) is 13.8 Å². The molecule has 0 aromatic heterocycles. The number of ether oxygens (including phenoxy) is 5. The molecule has 0 amide bonds. The van der Waals surface area contributed by atoms with Gasteiger partial charge in [0.25, 0.3) is 0 Å². The minimum Gasteiger partial charge on any atom is -0.455 e. The van der Waals surface area contributed by atoms with E-state index < -0.39 is 74.3 Å². The van der Waals surface area contributed by atoms with Crippen LogP contribution in [0.4, 0.5) is 0 Å². The van der Waals surface area contributed by atoms with Crippen molar-refractivity contribution in [1.29, 1.82) is 0 Å². The van der Waals surface area contributed by atoms with Crippen LogP contribution in [0.25, 0.3) is 0 Å². The fraction of sp³-hybridized carbons (Fsp3) is 0.891. The summed E-state index contributed by atoms with van der Waals surface area (Å²) in [5.74, 6) is -3.62. The highest BCUT2D eigenvalue weighted by atomic mass is 31.2. The summed E-state index contributed by atoms with van der Waals surface area (Å²) >= 11 is 0. The highest BCUT2D eigenvalue weighted by Gasteiger charge is 2.62. The van der Waals surface area contributed by atoms with Gasteiger partial charge in [-0.2, -0.15) is 0 Å². The van der Waals surface area contributed by atoms with Crippen molar-refractivity contribution >= 4 is 37.7 Å². The molecule has 15 heteroatoms. The second-order valence-corrected chi connectivity index (χ2v) is 17.8. The number of hydrogen-bond donors (Lipinski definition) is 0. The molecule has 0 aromatic rings. The van der Waals surface area contributed by atoms with Gasteiger partial charge in [0.05, 0.1) is 13.2 Å². The van der Waals surface area contributed by atoms with Crippen molar-refractivity contribution in [2.75, 3.05) is 13.2 Å². The number of esters is 5. The van der Waals surface area contributed by atoms with Crippen LogP contribution in [0.2, 0.25) is 0 Å². The predicted octanol–water partition coefficient (Wildman–Crippen LogP) is 11.4. The van der Waals surface area contributed by atoms with E-state index in [1.807, 2.05) is 0 Å². The van der Waals surface area contributed by atoms with Gasteiger partial charge < -0.3 is 23.7 Å². The molecular formula is C46H83O14P. The van der Waals surface area contributed by atoms with Crippen molar-refractivity contribution in [2.24, 2.45) is 0 Å². The molecule has 1 aliphatic carbocycles. The maximum Gasteiger partial charge on any atom is 0.475 e. The average molecular weight is 891 g/mol. The van der Waals surface area contributed by atoms with E-state index in [0.29, 0.717) is 44.9 Å². The van der Waals surface area contributed by atoms with Crippen molar-refractivity contribution in [2.45, 2.75) is 252 Å². The zero-order valence-electron chi connectivity index (χ0n) is 38.9. The van der Waals surface area contributed by atoms with E-state index in [-0.39, 0.29) is 45.3 Å². The molecule has 61 heavy (non-hydrogen) atoms. The molecule has 1 rings (SSSR count). The summed E-state index contributed by atoms with van der Waals surface area (Å²) in [6.07, 6.45) is 7.91. The monoisotopic (exact) mass is 891 g/mol. The maximum absolute atomic E-state index is 15.0. The molecule has 14 nitrogen and oxygen atoms in total. The first kappa shape index (κ1) is 56.5. The van der Waals surface area contributed by atoms with Gasteiger partial charge in [0.1, 0.15) is 0 Å². The van der Waals surface area contributed by atoms with Gasteiger partial charge in [-0.1, -0.05) is 138 Å². The Morgan fingerprint density at radius 1 is 0.328 bits per heavy atom. The summed E-state index contributed by atoms with van der Waals surface area (Å²) in [4.78, 5) is 66.9. The lowest BCUT2D eigenvalue weighted by molar-refractivity contribution is -0.255. The molecule has 0 bridgehead atoms. The molecule has 6 atom stereocenters. The smallest absolute Gasteiger partial charge is 0.455 e. The molecule has 2 unspecified atom stereocenters. The third-order valence-corrected chi connectivity index (χ3v) is 11.8. The minimum absolute atomic E-state index is 0.0120. The largest absolute Gasteiger partial charge is 0.475 e. The van der Waals surface area contributed by atoms with Crippen molar-refractivity contribution in [3.8, 4) is 0 Å². The number of unbranched alkanes of at least 4 members (excludes halogenated alkanes) is 14. The van der Waals surface area contributed by atoms with Crippen LogP contribution in [0.15, 0.2) is 0 Å². The Kier molecular flexibility index (Phi) is 32.3. The summed E-state index contributed by atoms with van der Waals surface area (Å²) in [6.45, 7) is 13.2. The Balaban J connectivity index is 3.85. The van der Waals surface area contributed by atoms with Crippen LogP contribution in [-0.2, 0) is 65.8 Å². The fourth-order valence-corrected chi connectivity index (χ4v) is 8.50. The summed E-state index contributed by atoms with van der Waals surface area (Å²) in [6, 6.07) is 0. The Hall–Kier alpha value is -2.54. The van der Waals surface area contributed by atoms with Crippen molar-refractivity contribution < 1.29 is 65.8 Å². The second kappa shape index (κ2) is 34.9. The third kappa shape index (κ3) is 24.2. The van der Waals surface area contributed by atoms with Crippen LogP contribution in [0.3, 0.4) is 0 Å². The summed E-state index contributed by atoms with van der Waals surface area (Å²) in [5, 5.41) is 0. The predicted molar refractivity (Wildman–Crippen MR) is 234 cm³/mol. The van der Waals surface area contributed by atoms with Crippen molar-refractivity contribution in [3.05, 3.63) is 0 Å². The first-order valence-corrected chi connectivity index (χ1v) is 25.4. The van der Waals surface area contributed by atoms with Crippen LogP contribution in [0.1, 0.15) is 215 Å². The molecule has 1 fully saturated rings. The van der Waals surface area contributed by atoms with Gasteiger partial charge in [-0.3, -0.25) is 37.5 Å². The number of hydrogen-bond acceptors (Lipinski definition) is 14. The fourth-order valence-electron chi connectivity index (χ4n) is 7.06. The van der Waals surface area contributed by atoms with E-state index in [0.717, 1.165) is 64.2 Å². The Morgan fingerprint density at radius 2 is 0.557 bits per heavy atom. The van der Waals surface area contributed by atoms with E-state index in [9.17, 15) is 28.5 Å². The molecule has 1 saturated carbocycles. The molecule has 0 aromatic carbocycles. The maximum atomic E-state index is 15.0. The van der Waals surface area contributed by atoms with Crippen LogP contribution < -0.4 is 0 Å². The summed E-state index contributed by atoms with van der Waals surface area (Å²) in [5.41, 5.74) is 0. The first-order valence-electron chi connectivity index (χ1n) is 24.0. The number of phosphoric ester groups is 1. The molecule has 356 valence electrons. The molecule has 0 heterocycles. The number of rotatable bonds is 37. The van der Waals surface area contributed by atoms with Gasteiger partial charge in [-0.05, 0) is 44.9 Å². The van der Waals surface area contributed by atoms with Gasteiger partial charge in [0.15, 0.2) is 36.6 Å². The molecule has 0 radical (unpaired) electrons. The summed E-state index contributed by atoms with van der Waals surface area (Å²) < 4.78 is 63.3. The zero-order valence-corrected chi connectivity index (χ0v) is 39.8. The first-order chi connectivity index (χ1) is 29.4. The standard InChI is InChI=1S/C46H83O14P/c1-8-15-17-19-21-23-25-27-34-53-61(52,54-35-28-26-24-22-20-18-16-9-2)60-46-44(58-39(50)32-13-6)42(56-37(48)30-11-4)41(55-36(47)29-10-3)43(57-38(49)31-12-5)45(46)59-40(51)33-14-7/h41-46H,8-35H2,1-7H3/t41?,42-,43+,44-,45-,46?/m1/s1. The van der Waals surface area contributed by atoms with E-state index >= 15 is 0 Å². The number of carbonyl (C=O) groups is 5. The average Bonchev–Trinajstić information content (AvgIpc) is 3.21. The van der Waals surface area contributed by atoms with Crippen LogP contribution in [0, 0.1) is 0 Å². The topological polar surface area (TPSA) is 176 Å². The molecule has 0 saturated heterocycles. The molecule has 0 spiro atoms. The highest BCUT2D eigenvalue weighted by molar-refractivity contribution is 7.48. The molecule has 0 aliphatic heterocycles. The van der Waals surface area contributed by atoms with Gasteiger partial charge >= 0.3 is 37.7 Å². The lowest BCUT2D eigenvalue weighted by atomic mass is 9.83. The molecule has 1 aliphatic rings. The molecule has 0 N–H and O–H groups in total.